The first-order valence-corrected chi connectivity index (χ1v) is 6.81. The maximum absolute atomic E-state index is 4.48. The first kappa shape index (κ1) is 13.5. The van der Waals surface area contributed by atoms with E-state index in [9.17, 15) is 0 Å². The molecule has 0 saturated carbocycles. The lowest BCUT2D eigenvalue weighted by atomic mass is 10.1. The van der Waals surface area contributed by atoms with Crippen LogP contribution in [-0.4, -0.2) is 66.1 Å². The number of imidazole rings is 1. The molecule has 18 heavy (non-hydrogen) atoms. The minimum absolute atomic E-state index is 0.571. The Morgan fingerprint density at radius 2 is 2.28 bits per heavy atom. The van der Waals surface area contributed by atoms with Crippen molar-refractivity contribution in [2.75, 3.05) is 40.3 Å². The van der Waals surface area contributed by atoms with Gasteiger partial charge in [0.1, 0.15) is 5.82 Å². The first-order valence-electron chi connectivity index (χ1n) is 6.81. The zero-order valence-corrected chi connectivity index (χ0v) is 11.7. The molecular formula is C13H25N5. The van der Waals surface area contributed by atoms with E-state index in [-0.39, 0.29) is 0 Å². The molecular weight excluding hydrogens is 226 g/mol. The second-order valence-corrected chi connectivity index (χ2v) is 5.24. The molecule has 0 aliphatic carbocycles. The minimum Gasteiger partial charge on any atom is -0.345 e. The first-order chi connectivity index (χ1) is 8.69. The molecule has 5 heteroatoms. The van der Waals surface area contributed by atoms with Gasteiger partial charge in [-0.3, -0.25) is 0 Å². The highest BCUT2D eigenvalue weighted by Crippen LogP contribution is 2.10. The minimum atomic E-state index is 0.571. The topological polar surface area (TPSA) is 47.2 Å². The molecule has 1 aromatic rings. The van der Waals surface area contributed by atoms with E-state index in [1.807, 2.05) is 6.20 Å². The van der Waals surface area contributed by atoms with E-state index >= 15 is 0 Å². The highest BCUT2D eigenvalue weighted by molar-refractivity contribution is 5.03. The number of rotatable bonds is 5. The van der Waals surface area contributed by atoms with Crippen LogP contribution in [-0.2, 0) is 13.0 Å². The number of nitrogens with one attached hydrogen (secondary N) is 2. The van der Waals surface area contributed by atoms with E-state index < -0.39 is 0 Å². The second-order valence-electron chi connectivity index (χ2n) is 5.24. The van der Waals surface area contributed by atoms with Gasteiger partial charge in [-0.05, 0) is 20.6 Å². The molecule has 1 atom stereocenters. The molecule has 0 radical (unpaired) electrons. The number of hydrogen-bond acceptors (Lipinski definition) is 4. The fourth-order valence-electron chi connectivity index (χ4n) is 2.40. The molecule has 1 saturated heterocycles. The predicted octanol–water partition coefficient (Wildman–Crippen LogP) is 0.308. The summed E-state index contributed by atoms with van der Waals surface area (Å²) in [6.07, 6.45) is 2.96. The zero-order valence-electron chi connectivity index (χ0n) is 11.7. The van der Waals surface area contributed by atoms with Crippen molar-refractivity contribution >= 4 is 0 Å². The number of nitrogens with zero attached hydrogens (tertiary/aromatic N) is 3. The third-order valence-corrected chi connectivity index (χ3v) is 3.66. The van der Waals surface area contributed by atoms with Gasteiger partial charge in [0.05, 0.1) is 0 Å². The van der Waals surface area contributed by atoms with Crippen LogP contribution in [0.1, 0.15) is 18.4 Å². The average molecular weight is 251 g/mol. The fraction of sp³-hybridized carbons (Fsp3) is 0.769. The third-order valence-electron chi connectivity index (χ3n) is 3.66. The van der Waals surface area contributed by atoms with Crippen molar-refractivity contribution < 1.29 is 0 Å². The van der Waals surface area contributed by atoms with Crippen LogP contribution in [0.15, 0.2) is 6.20 Å². The van der Waals surface area contributed by atoms with Crippen LogP contribution in [0, 0.1) is 0 Å². The number of aromatic amines is 1. The average Bonchev–Trinajstić information content (AvgIpc) is 2.79. The Labute approximate surface area is 110 Å². The van der Waals surface area contributed by atoms with E-state index in [4.69, 9.17) is 0 Å². The smallest absolute Gasteiger partial charge is 0.107 e. The lowest BCUT2D eigenvalue weighted by molar-refractivity contribution is 0.113. The summed E-state index contributed by atoms with van der Waals surface area (Å²) < 4.78 is 0. The Morgan fingerprint density at radius 1 is 1.44 bits per heavy atom. The van der Waals surface area contributed by atoms with Crippen molar-refractivity contribution in [1.29, 1.82) is 0 Å². The number of H-pyrrole nitrogens is 1. The number of piperazine rings is 1. The molecule has 2 rings (SSSR count). The van der Waals surface area contributed by atoms with E-state index in [1.165, 1.54) is 5.69 Å². The molecule has 2 N–H and O–H groups in total. The van der Waals surface area contributed by atoms with Crippen molar-refractivity contribution in [1.82, 2.24) is 25.1 Å². The summed E-state index contributed by atoms with van der Waals surface area (Å²) in [6.45, 7) is 7.42. The van der Waals surface area contributed by atoms with Gasteiger partial charge in [-0.25, -0.2) is 4.98 Å². The highest BCUT2D eigenvalue weighted by Gasteiger charge is 2.23. The molecule has 1 fully saturated rings. The van der Waals surface area contributed by atoms with Crippen molar-refractivity contribution in [2.45, 2.75) is 25.9 Å². The Kier molecular flexibility index (Phi) is 4.74. The van der Waals surface area contributed by atoms with Crippen LogP contribution < -0.4 is 5.32 Å². The number of hydrogen-bond donors (Lipinski definition) is 2. The lowest BCUT2D eigenvalue weighted by Crippen LogP contribution is -2.50. The molecule has 1 unspecified atom stereocenters. The van der Waals surface area contributed by atoms with Crippen LogP contribution in [0.3, 0.4) is 0 Å². The lowest BCUT2D eigenvalue weighted by Gasteiger charge is -2.37. The normalized spacial score (nSPS) is 22.5. The molecule has 2 heterocycles. The second kappa shape index (κ2) is 6.31. The van der Waals surface area contributed by atoms with E-state index in [0.29, 0.717) is 6.04 Å². The van der Waals surface area contributed by atoms with E-state index in [0.717, 1.165) is 45.0 Å². The molecule has 0 aromatic carbocycles. The standard InChI is InChI=1S/C13H25N5/c1-4-14-8-11-9-15-13(16-11)7-12-10-17(2)5-6-18(12)3/h9,12,14H,4-8,10H2,1-3H3,(H,15,16). The SMILES string of the molecule is CCNCc1cnc(CC2CN(C)CCN2C)[nH]1. The van der Waals surface area contributed by atoms with Gasteiger partial charge in [0.2, 0.25) is 0 Å². The molecule has 0 amide bonds. The van der Waals surface area contributed by atoms with Crippen molar-refractivity contribution in [3.8, 4) is 0 Å². The summed E-state index contributed by atoms with van der Waals surface area (Å²) in [4.78, 5) is 12.7. The molecule has 0 bridgehead atoms. The summed E-state index contributed by atoms with van der Waals surface area (Å²) in [7, 11) is 4.40. The van der Waals surface area contributed by atoms with Gasteiger partial charge in [0.15, 0.2) is 0 Å². The van der Waals surface area contributed by atoms with Crippen LogP contribution in [0.25, 0.3) is 0 Å². The van der Waals surface area contributed by atoms with Gasteiger partial charge in [-0.2, -0.15) is 0 Å². The van der Waals surface area contributed by atoms with Crippen molar-refractivity contribution in [3.63, 3.8) is 0 Å². The van der Waals surface area contributed by atoms with Crippen LogP contribution >= 0.6 is 0 Å². The molecule has 0 spiro atoms. The van der Waals surface area contributed by atoms with Gasteiger partial charge in [0.25, 0.3) is 0 Å². The maximum Gasteiger partial charge on any atom is 0.107 e. The molecule has 1 aliphatic rings. The summed E-state index contributed by atoms with van der Waals surface area (Å²) in [5.74, 6) is 1.11. The van der Waals surface area contributed by atoms with E-state index in [2.05, 4.69) is 46.1 Å². The van der Waals surface area contributed by atoms with Crippen LogP contribution in [0.4, 0.5) is 0 Å². The van der Waals surface area contributed by atoms with Crippen LogP contribution in [0.2, 0.25) is 0 Å². The maximum atomic E-state index is 4.48. The summed E-state index contributed by atoms with van der Waals surface area (Å²) in [5.41, 5.74) is 1.18. The van der Waals surface area contributed by atoms with Gasteiger partial charge < -0.3 is 20.1 Å². The van der Waals surface area contributed by atoms with E-state index in [1.54, 1.807) is 0 Å². The summed E-state index contributed by atoms with van der Waals surface area (Å²) in [6, 6.07) is 0.571. The molecule has 5 nitrogen and oxygen atoms in total. The van der Waals surface area contributed by atoms with Gasteiger partial charge in [-0.15, -0.1) is 0 Å². The summed E-state index contributed by atoms with van der Waals surface area (Å²) >= 11 is 0. The predicted molar refractivity (Wildman–Crippen MR) is 73.6 cm³/mol. The molecule has 102 valence electrons. The number of aromatic nitrogens is 2. The fourth-order valence-corrected chi connectivity index (χ4v) is 2.40. The highest BCUT2D eigenvalue weighted by atomic mass is 15.3. The molecule has 1 aromatic heterocycles. The zero-order chi connectivity index (χ0) is 13.0. The molecule has 1 aliphatic heterocycles. The largest absolute Gasteiger partial charge is 0.345 e. The van der Waals surface area contributed by atoms with Gasteiger partial charge in [-0.1, -0.05) is 6.92 Å². The Morgan fingerprint density at radius 3 is 3.06 bits per heavy atom. The Bertz CT molecular complexity index is 362. The van der Waals surface area contributed by atoms with Crippen LogP contribution in [0.5, 0.6) is 0 Å². The van der Waals surface area contributed by atoms with Gasteiger partial charge >= 0.3 is 0 Å². The monoisotopic (exact) mass is 251 g/mol. The Balaban J connectivity index is 1.89. The van der Waals surface area contributed by atoms with Crippen molar-refractivity contribution in [3.05, 3.63) is 17.7 Å². The van der Waals surface area contributed by atoms with Gasteiger partial charge in [0, 0.05) is 50.5 Å². The quantitative estimate of drug-likeness (QED) is 0.790. The summed E-state index contributed by atoms with van der Waals surface area (Å²) in [5, 5.41) is 3.31. The number of likely N-dealkylation sites (N-methyl/N-ethyl adjacent to an activating group) is 2. The van der Waals surface area contributed by atoms with Crippen molar-refractivity contribution in [2.24, 2.45) is 0 Å². The third kappa shape index (κ3) is 3.54. The Hall–Kier alpha value is -0.910.